The standard InChI is InChI=1S/C14H17N3O2/c1-5-8-16(14(2,3)4)13-7-6-12(17(18)19)9-11(13)10-15/h5-7,9H,1,8H2,2-4H3. The molecule has 0 amide bonds. The molecule has 0 fully saturated rings. The molecule has 0 spiro atoms. The minimum absolute atomic E-state index is 0.0761. The summed E-state index contributed by atoms with van der Waals surface area (Å²) in [5, 5.41) is 19.9. The molecule has 0 radical (unpaired) electrons. The number of hydrogen-bond acceptors (Lipinski definition) is 4. The van der Waals surface area contributed by atoms with Crippen molar-refractivity contribution in [1.82, 2.24) is 0 Å². The molecule has 5 heteroatoms. The van der Waals surface area contributed by atoms with Crippen LogP contribution in [-0.2, 0) is 0 Å². The summed E-state index contributed by atoms with van der Waals surface area (Å²) in [7, 11) is 0. The molecule has 0 heterocycles. The highest BCUT2D eigenvalue weighted by atomic mass is 16.6. The van der Waals surface area contributed by atoms with Gasteiger partial charge in [0.05, 0.1) is 16.2 Å². The Bertz CT molecular complexity index is 539. The Morgan fingerprint density at radius 3 is 2.58 bits per heavy atom. The van der Waals surface area contributed by atoms with Crippen LogP contribution in [0.3, 0.4) is 0 Å². The van der Waals surface area contributed by atoms with Crippen LogP contribution < -0.4 is 4.90 Å². The number of nitro benzene ring substituents is 1. The maximum Gasteiger partial charge on any atom is 0.270 e. The molecule has 0 saturated carbocycles. The Morgan fingerprint density at radius 2 is 2.16 bits per heavy atom. The van der Waals surface area contributed by atoms with Gasteiger partial charge in [0.1, 0.15) is 6.07 Å². The van der Waals surface area contributed by atoms with Gasteiger partial charge >= 0.3 is 0 Å². The summed E-state index contributed by atoms with van der Waals surface area (Å²) in [4.78, 5) is 12.2. The van der Waals surface area contributed by atoms with Gasteiger partial charge in [0.2, 0.25) is 0 Å². The lowest BCUT2D eigenvalue weighted by atomic mass is 10.0. The van der Waals surface area contributed by atoms with Crippen molar-refractivity contribution in [3.05, 3.63) is 46.5 Å². The normalized spacial score (nSPS) is 10.6. The summed E-state index contributed by atoms with van der Waals surface area (Å²) in [5.74, 6) is 0. The second-order valence-corrected chi connectivity index (χ2v) is 5.14. The van der Waals surface area contributed by atoms with Crippen LogP contribution in [0.5, 0.6) is 0 Å². The van der Waals surface area contributed by atoms with E-state index in [1.54, 1.807) is 12.1 Å². The first-order valence-corrected chi connectivity index (χ1v) is 5.88. The molecule has 0 aliphatic carbocycles. The summed E-state index contributed by atoms with van der Waals surface area (Å²) < 4.78 is 0. The van der Waals surface area contributed by atoms with Gasteiger partial charge < -0.3 is 4.90 Å². The quantitative estimate of drug-likeness (QED) is 0.472. The summed E-state index contributed by atoms with van der Waals surface area (Å²) >= 11 is 0. The predicted octanol–water partition coefficient (Wildman–Crippen LogP) is 3.26. The van der Waals surface area contributed by atoms with Crippen molar-refractivity contribution < 1.29 is 4.92 Å². The van der Waals surface area contributed by atoms with Crippen LogP contribution in [0.2, 0.25) is 0 Å². The molecular formula is C14H17N3O2. The van der Waals surface area contributed by atoms with E-state index in [9.17, 15) is 15.4 Å². The van der Waals surface area contributed by atoms with Gasteiger partial charge in [0.15, 0.2) is 0 Å². The molecule has 0 aromatic heterocycles. The van der Waals surface area contributed by atoms with Crippen LogP contribution in [0.15, 0.2) is 30.9 Å². The third-order valence-corrected chi connectivity index (χ3v) is 2.72. The molecule has 0 saturated heterocycles. The molecule has 0 N–H and O–H groups in total. The highest BCUT2D eigenvalue weighted by Crippen LogP contribution is 2.29. The highest BCUT2D eigenvalue weighted by molar-refractivity contribution is 5.64. The van der Waals surface area contributed by atoms with Gasteiger partial charge in [-0.05, 0) is 26.8 Å². The Hall–Kier alpha value is -2.35. The van der Waals surface area contributed by atoms with Crippen LogP contribution in [-0.4, -0.2) is 17.0 Å². The molecule has 1 rings (SSSR count). The molecule has 0 bridgehead atoms. The Morgan fingerprint density at radius 1 is 1.53 bits per heavy atom. The molecule has 0 aliphatic heterocycles. The molecule has 0 atom stereocenters. The van der Waals surface area contributed by atoms with Gasteiger partial charge in [-0.2, -0.15) is 5.26 Å². The first-order chi connectivity index (χ1) is 8.81. The molecule has 0 aliphatic rings. The van der Waals surface area contributed by atoms with Crippen LogP contribution >= 0.6 is 0 Å². The van der Waals surface area contributed by atoms with Gasteiger partial charge in [-0.15, -0.1) is 6.58 Å². The van der Waals surface area contributed by atoms with Crippen molar-refractivity contribution in [2.45, 2.75) is 26.3 Å². The van der Waals surface area contributed by atoms with Gasteiger partial charge in [-0.25, -0.2) is 0 Å². The third-order valence-electron chi connectivity index (χ3n) is 2.72. The van der Waals surface area contributed by atoms with E-state index < -0.39 is 4.92 Å². The Kier molecular flexibility index (Phi) is 4.28. The van der Waals surface area contributed by atoms with Gasteiger partial charge in [0, 0.05) is 24.2 Å². The van der Waals surface area contributed by atoms with E-state index in [2.05, 4.69) is 6.58 Å². The number of benzene rings is 1. The molecule has 100 valence electrons. The monoisotopic (exact) mass is 259 g/mol. The second-order valence-electron chi connectivity index (χ2n) is 5.14. The van der Waals surface area contributed by atoms with Crippen molar-refractivity contribution in [1.29, 1.82) is 5.26 Å². The van der Waals surface area contributed by atoms with Crippen LogP contribution in [0.25, 0.3) is 0 Å². The summed E-state index contributed by atoms with van der Waals surface area (Å²) in [6.07, 6.45) is 1.74. The number of nitro groups is 1. The smallest absolute Gasteiger partial charge is 0.270 e. The number of nitrogens with zero attached hydrogens (tertiary/aromatic N) is 3. The number of nitriles is 1. The summed E-state index contributed by atoms with van der Waals surface area (Å²) in [6, 6.07) is 6.36. The van der Waals surface area contributed by atoms with E-state index in [0.717, 1.165) is 0 Å². The zero-order valence-corrected chi connectivity index (χ0v) is 11.4. The zero-order chi connectivity index (χ0) is 14.6. The number of anilines is 1. The minimum atomic E-state index is -0.500. The number of rotatable bonds is 4. The minimum Gasteiger partial charge on any atom is -0.362 e. The van der Waals surface area contributed by atoms with Gasteiger partial charge in [-0.1, -0.05) is 6.08 Å². The van der Waals surface area contributed by atoms with E-state index in [-0.39, 0.29) is 11.2 Å². The summed E-state index contributed by atoms with van der Waals surface area (Å²) in [5.41, 5.74) is 0.690. The van der Waals surface area contributed by atoms with Crippen molar-refractivity contribution in [2.75, 3.05) is 11.4 Å². The molecular weight excluding hydrogens is 242 g/mol. The Balaban J connectivity index is 3.36. The summed E-state index contributed by atoms with van der Waals surface area (Å²) in [6.45, 7) is 10.3. The van der Waals surface area contributed by atoms with Crippen LogP contribution in [0.1, 0.15) is 26.3 Å². The molecule has 19 heavy (non-hydrogen) atoms. The van der Waals surface area contributed by atoms with Crippen molar-refractivity contribution >= 4 is 11.4 Å². The fraction of sp³-hybridized carbons (Fsp3) is 0.357. The maximum absolute atomic E-state index is 10.7. The zero-order valence-electron chi connectivity index (χ0n) is 11.4. The average molecular weight is 259 g/mol. The van der Waals surface area contributed by atoms with E-state index in [1.807, 2.05) is 31.7 Å². The Labute approximate surface area is 112 Å². The fourth-order valence-electron chi connectivity index (χ4n) is 1.83. The lowest BCUT2D eigenvalue weighted by Gasteiger charge is -2.37. The first kappa shape index (κ1) is 14.7. The van der Waals surface area contributed by atoms with Crippen molar-refractivity contribution in [3.63, 3.8) is 0 Å². The van der Waals surface area contributed by atoms with E-state index in [1.165, 1.54) is 12.1 Å². The topological polar surface area (TPSA) is 70.2 Å². The van der Waals surface area contributed by atoms with E-state index in [0.29, 0.717) is 17.8 Å². The maximum atomic E-state index is 10.7. The van der Waals surface area contributed by atoms with Gasteiger partial charge in [0.25, 0.3) is 5.69 Å². The number of non-ortho nitro benzene ring substituents is 1. The van der Waals surface area contributed by atoms with Crippen molar-refractivity contribution in [3.8, 4) is 6.07 Å². The third kappa shape index (κ3) is 3.32. The van der Waals surface area contributed by atoms with Gasteiger partial charge in [-0.3, -0.25) is 10.1 Å². The molecule has 1 aromatic rings. The fourth-order valence-corrected chi connectivity index (χ4v) is 1.83. The van der Waals surface area contributed by atoms with E-state index in [4.69, 9.17) is 0 Å². The SMILES string of the molecule is C=CCN(c1ccc([N+](=O)[O-])cc1C#N)C(C)(C)C. The highest BCUT2D eigenvalue weighted by Gasteiger charge is 2.24. The lowest BCUT2D eigenvalue weighted by Crippen LogP contribution is -2.42. The first-order valence-electron chi connectivity index (χ1n) is 5.88. The lowest BCUT2D eigenvalue weighted by molar-refractivity contribution is -0.384. The molecule has 0 unspecified atom stereocenters. The molecule has 1 aromatic carbocycles. The van der Waals surface area contributed by atoms with E-state index >= 15 is 0 Å². The van der Waals surface area contributed by atoms with Crippen LogP contribution in [0, 0.1) is 21.4 Å². The number of hydrogen-bond donors (Lipinski definition) is 0. The molecule has 5 nitrogen and oxygen atoms in total. The van der Waals surface area contributed by atoms with Crippen molar-refractivity contribution in [2.24, 2.45) is 0 Å². The second kappa shape index (κ2) is 5.53. The largest absolute Gasteiger partial charge is 0.362 e. The van der Waals surface area contributed by atoms with Crippen LogP contribution in [0.4, 0.5) is 11.4 Å². The average Bonchev–Trinajstić information content (AvgIpc) is 2.33. The predicted molar refractivity (Wildman–Crippen MR) is 75.1 cm³/mol.